The van der Waals surface area contributed by atoms with Crippen LogP contribution in [0.5, 0.6) is 11.5 Å². The molecule has 8 heteroatoms. The lowest BCUT2D eigenvalue weighted by atomic mass is 10.2. The molecule has 0 heterocycles. The van der Waals surface area contributed by atoms with Crippen LogP contribution >= 0.6 is 24.0 Å². The molecule has 0 spiro atoms. The Morgan fingerprint density at radius 2 is 1.96 bits per heavy atom. The first-order valence-corrected chi connectivity index (χ1v) is 7.51. The van der Waals surface area contributed by atoms with Gasteiger partial charge in [-0.05, 0) is 31.0 Å². The molecule has 0 radical (unpaired) electrons. The van der Waals surface area contributed by atoms with Crippen LogP contribution < -0.4 is 20.5 Å². The number of nitrogens with zero attached hydrogens (tertiary/aromatic N) is 1. The molecule has 136 valence electrons. The van der Waals surface area contributed by atoms with Gasteiger partial charge in [-0.3, -0.25) is 4.79 Å². The molecule has 0 unspecified atom stereocenters. The summed E-state index contributed by atoms with van der Waals surface area (Å²) in [5.41, 5.74) is 6.75. The average molecular weight is 451 g/mol. The van der Waals surface area contributed by atoms with Gasteiger partial charge in [-0.15, -0.1) is 24.0 Å². The minimum atomic E-state index is -0.199. The molecule has 0 atom stereocenters. The smallest absolute Gasteiger partial charge is 0.305 e. The van der Waals surface area contributed by atoms with E-state index in [0.717, 1.165) is 5.56 Å². The van der Waals surface area contributed by atoms with Crippen LogP contribution in [0.25, 0.3) is 0 Å². The Balaban J connectivity index is 0.00000529. The number of methoxy groups -OCH3 is 2. The maximum atomic E-state index is 11.2. The third kappa shape index (κ3) is 8.23. The molecule has 3 N–H and O–H groups in total. The summed E-state index contributed by atoms with van der Waals surface area (Å²) in [6.07, 6.45) is 1.01. The summed E-state index contributed by atoms with van der Waals surface area (Å²) in [4.78, 5) is 15.4. The number of carbonyl (C=O) groups is 1. The number of nitrogens with two attached hydrogens (primary N) is 1. The van der Waals surface area contributed by atoms with E-state index < -0.39 is 0 Å². The number of halogens is 1. The third-order valence-electron chi connectivity index (χ3n) is 3.05. The van der Waals surface area contributed by atoms with E-state index >= 15 is 0 Å². The Bertz CT molecular complexity index is 538. The molecular weight excluding hydrogens is 425 g/mol. The second-order valence-electron chi connectivity index (χ2n) is 4.73. The van der Waals surface area contributed by atoms with Crippen LogP contribution in [-0.2, 0) is 16.1 Å². The van der Waals surface area contributed by atoms with Crippen molar-refractivity contribution in [3.8, 4) is 11.5 Å². The summed E-state index contributed by atoms with van der Waals surface area (Å²) in [6, 6.07) is 5.59. The minimum Gasteiger partial charge on any atom is -0.493 e. The molecule has 0 amide bonds. The third-order valence-corrected chi connectivity index (χ3v) is 3.05. The van der Waals surface area contributed by atoms with Crippen molar-refractivity contribution in [3.05, 3.63) is 23.8 Å². The van der Waals surface area contributed by atoms with Crippen LogP contribution in [0.1, 0.15) is 25.3 Å². The van der Waals surface area contributed by atoms with Gasteiger partial charge < -0.3 is 25.3 Å². The summed E-state index contributed by atoms with van der Waals surface area (Å²) >= 11 is 0. The predicted molar refractivity (Wildman–Crippen MR) is 104 cm³/mol. The number of aliphatic imine (C=N–C) groups is 1. The Kier molecular flexibility index (Phi) is 11.8. The van der Waals surface area contributed by atoms with Crippen LogP contribution in [-0.4, -0.2) is 39.3 Å². The first-order valence-electron chi connectivity index (χ1n) is 7.51. The number of hydrogen-bond donors (Lipinski definition) is 2. The zero-order valence-electron chi connectivity index (χ0n) is 14.3. The lowest BCUT2D eigenvalue weighted by Crippen LogP contribution is -2.32. The lowest BCUT2D eigenvalue weighted by Gasteiger charge is -2.09. The number of carbonyl (C=O) groups excluding carboxylic acids is 1. The van der Waals surface area contributed by atoms with Crippen molar-refractivity contribution >= 4 is 35.9 Å². The maximum absolute atomic E-state index is 11.2. The van der Waals surface area contributed by atoms with Crippen molar-refractivity contribution in [1.29, 1.82) is 0 Å². The van der Waals surface area contributed by atoms with E-state index in [4.69, 9.17) is 19.9 Å². The molecule has 0 aromatic heterocycles. The molecular formula is C16H26IN3O4. The number of guanidine groups is 1. The summed E-state index contributed by atoms with van der Waals surface area (Å²) in [5.74, 6) is 1.46. The number of hydrogen-bond acceptors (Lipinski definition) is 5. The summed E-state index contributed by atoms with van der Waals surface area (Å²) in [5, 5.41) is 2.97. The van der Waals surface area contributed by atoms with Crippen LogP contribution in [0.3, 0.4) is 0 Å². The van der Waals surface area contributed by atoms with Gasteiger partial charge in [-0.1, -0.05) is 6.07 Å². The summed E-state index contributed by atoms with van der Waals surface area (Å²) in [7, 11) is 3.18. The fraction of sp³-hybridized carbons (Fsp3) is 0.500. The van der Waals surface area contributed by atoms with Gasteiger partial charge in [0.2, 0.25) is 0 Å². The minimum absolute atomic E-state index is 0. The second-order valence-corrected chi connectivity index (χ2v) is 4.73. The van der Waals surface area contributed by atoms with E-state index in [0.29, 0.717) is 50.0 Å². The van der Waals surface area contributed by atoms with E-state index in [1.54, 1.807) is 21.1 Å². The molecule has 0 saturated carbocycles. The molecule has 1 aromatic carbocycles. The van der Waals surface area contributed by atoms with Crippen LogP contribution in [0.4, 0.5) is 0 Å². The highest BCUT2D eigenvalue weighted by Crippen LogP contribution is 2.27. The first kappa shape index (κ1) is 22.3. The predicted octanol–water partition coefficient (Wildman–Crippen LogP) is 2.07. The molecule has 0 aliphatic rings. The highest BCUT2D eigenvalue weighted by molar-refractivity contribution is 14.0. The van der Waals surface area contributed by atoms with Gasteiger partial charge in [0, 0.05) is 13.0 Å². The number of rotatable bonds is 9. The molecule has 0 bridgehead atoms. The Hall–Kier alpha value is -1.71. The molecule has 0 saturated heterocycles. The highest BCUT2D eigenvalue weighted by Gasteiger charge is 2.04. The van der Waals surface area contributed by atoms with Crippen LogP contribution in [0, 0.1) is 0 Å². The van der Waals surface area contributed by atoms with Gasteiger partial charge in [0.25, 0.3) is 0 Å². The average Bonchev–Trinajstić information content (AvgIpc) is 2.56. The molecule has 7 nitrogen and oxygen atoms in total. The normalized spacial score (nSPS) is 10.5. The van der Waals surface area contributed by atoms with Gasteiger partial charge >= 0.3 is 5.97 Å². The van der Waals surface area contributed by atoms with E-state index in [1.165, 1.54) is 0 Å². The molecule has 0 aliphatic carbocycles. The monoisotopic (exact) mass is 451 g/mol. The van der Waals surface area contributed by atoms with Crippen molar-refractivity contribution in [2.75, 3.05) is 27.4 Å². The summed E-state index contributed by atoms with van der Waals surface area (Å²) < 4.78 is 15.3. The Labute approximate surface area is 160 Å². The second kappa shape index (κ2) is 12.7. The Morgan fingerprint density at radius 1 is 1.25 bits per heavy atom. The number of esters is 1. The standard InChI is InChI=1S/C16H25N3O4.HI/c1-4-23-15(20)6-5-9-18-16(17)19-11-12-7-8-13(21-2)14(10-12)22-3;/h7-8,10H,4-6,9,11H2,1-3H3,(H3,17,18,19);1H. The van der Waals surface area contributed by atoms with Gasteiger partial charge in [0.15, 0.2) is 17.5 Å². The SMILES string of the molecule is CCOC(=O)CCCNC(N)=NCc1ccc(OC)c(OC)c1.I. The highest BCUT2D eigenvalue weighted by atomic mass is 127. The van der Waals surface area contributed by atoms with Crippen molar-refractivity contribution in [2.45, 2.75) is 26.3 Å². The molecule has 24 heavy (non-hydrogen) atoms. The fourth-order valence-corrected chi connectivity index (χ4v) is 1.89. The molecule has 1 rings (SSSR count). The van der Waals surface area contributed by atoms with Crippen molar-refractivity contribution in [3.63, 3.8) is 0 Å². The van der Waals surface area contributed by atoms with Gasteiger partial charge in [0.05, 0.1) is 27.4 Å². The van der Waals surface area contributed by atoms with Crippen molar-refractivity contribution in [1.82, 2.24) is 5.32 Å². The molecule has 0 aliphatic heterocycles. The topological polar surface area (TPSA) is 95.2 Å². The molecule has 0 fully saturated rings. The first-order chi connectivity index (χ1) is 11.1. The number of benzene rings is 1. The molecule has 1 aromatic rings. The zero-order valence-corrected chi connectivity index (χ0v) is 16.7. The van der Waals surface area contributed by atoms with E-state index in [9.17, 15) is 4.79 Å². The van der Waals surface area contributed by atoms with Crippen molar-refractivity contribution in [2.24, 2.45) is 10.7 Å². The van der Waals surface area contributed by atoms with E-state index in [1.807, 2.05) is 18.2 Å². The van der Waals surface area contributed by atoms with Gasteiger partial charge in [-0.25, -0.2) is 4.99 Å². The van der Waals surface area contributed by atoms with Gasteiger partial charge in [0.1, 0.15) is 0 Å². The number of nitrogens with one attached hydrogen (secondary N) is 1. The summed E-state index contributed by atoms with van der Waals surface area (Å²) in [6.45, 7) is 3.19. The lowest BCUT2D eigenvalue weighted by molar-refractivity contribution is -0.143. The maximum Gasteiger partial charge on any atom is 0.305 e. The Morgan fingerprint density at radius 3 is 2.58 bits per heavy atom. The fourth-order valence-electron chi connectivity index (χ4n) is 1.89. The van der Waals surface area contributed by atoms with Crippen molar-refractivity contribution < 1.29 is 19.0 Å². The van der Waals surface area contributed by atoms with Gasteiger partial charge in [-0.2, -0.15) is 0 Å². The largest absolute Gasteiger partial charge is 0.493 e. The zero-order chi connectivity index (χ0) is 17.1. The quantitative estimate of drug-likeness (QED) is 0.196. The number of ether oxygens (including phenoxy) is 3. The van der Waals surface area contributed by atoms with Crippen LogP contribution in [0.15, 0.2) is 23.2 Å². The van der Waals surface area contributed by atoms with E-state index in [-0.39, 0.29) is 29.9 Å². The van der Waals surface area contributed by atoms with E-state index in [2.05, 4.69) is 10.3 Å². The van der Waals surface area contributed by atoms with Crippen LogP contribution in [0.2, 0.25) is 0 Å².